The molecule has 2 nitrogen and oxygen atoms in total. The van der Waals surface area contributed by atoms with E-state index in [0.29, 0.717) is 0 Å². The van der Waals surface area contributed by atoms with Crippen LogP contribution in [0.4, 0.5) is 0 Å². The molecule has 0 unspecified atom stereocenters. The Hall–Kier alpha value is -1.02. The lowest BCUT2D eigenvalue weighted by atomic mass is 10.2. The molecule has 0 aliphatic heterocycles. The fourth-order valence-corrected chi connectivity index (χ4v) is 1.72. The third-order valence-corrected chi connectivity index (χ3v) is 2.45. The van der Waals surface area contributed by atoms with Crippen molar-refractivity contribution < 1.29 is 9.84 Å². The summed E-state index contributed by atoms with van der Waals surface area (Å²) in [6, 6.07) is 9.68. The summed E-state index contributed by atoms with van der Waals surface area (Å²) in [7, 11) is 0. The highest BCUT2D eigenvalue weighted by atomic mass is 16.5. The van der Waals surface area contributed by atoms with E-state index in [1.165, 1.54) is 0 Å². The Kier molecular flexibility index (Phi) is 2.50. The van der Waals surface area contributed by atoms with Crippen LogP contribution in [0.5, 0.6) is 5.75 Å². The van der Waals surface area contributed by atoms with Gasteiger partial charge in [0.25, 0.3) is 0 Å². The summed E-state index contributed by atoms with van der Waals surface area (Å²) in [5, 5.41) is 9.53. The number of aliphatic hydroxyl groups excluding tert-OH is 1. The van der Waals surface area contributed by atoms with Crippen LogP contribution in [0.25, 0.3) is 0 Å². The predicted octanol–water partition coefficient (Wildman–Crippen LogP) is 1.98. The monoisotopic (exact) mass is 178 g/mol. The van der Waals surface area contributed by atoms with Crippen LogP contribution in [-0.4, -0.2) is 17.3 Å². The molecule has 1 aliphatic carbocycles. The van der Waals surface area contributed by atoms with Gasteiger partial charge in [0.15, 0.2) is 0 Å². The van der Waals surface area contributed by atoms with E-state index in [-0.39, 0.29) is 12.2 Å². The number of hydrogen-bond donors (Lipinski definition) is 1. The van der Waals surface area contributed by atoms with E-state index < -0.39 is 0 Å². The van der Waals surface area contributed by atoms with Gasteiger partial charge in [0.2, 0.25) is 0 Å². The lowest BCUT2D eigenvalue weighted by Crippen LogP contribution is -2.25. The van der Waals surface area contributed by atoms with Crippen molar-refractivity contribution in [3.05, 3.63) is 30.3 Å². The van der Waals surface area contributed by atoms with E-state index in [1.807, 2.05) is 30.3 Å². The minimum Gasteiger partial charge on any atom is -0.488 e. The van der Waals surface area contributed by atoms with Crippen LogP contribution in [0.1, 0.15) is 19.3 Å². The van der Waals surface area contributed by atoms with E-state index in [0.717, 1.165) is 25.0 Å². The number of para-hydroxylation sites is 1. The molecule has 0 radical (unpaired) electrons. The van der Waals surface area contributed by atoms with Crippen LogP contribution in [0.3, 0.4) is 0 Å². The Morgan fingerprint density at radius 2 is 1.92 bits per heavy atom. The predicted molar refractivity (Wildman–Crippen MR) is 50.7 cm³/mol. The number of aliphatic hydroxyl groups is 1. The van der Waals surface area contributed by atoms with Crippen LogP contribution >= 0.6 is 0 Å². The van der Waals surface area contributed by atoms with Crippen molar-refractivity contribution in [2.75, 3.05) is 0 Å². The molecule has 70 valence electrons. The minimum atomic E-state index is -0.278. The summed E-state index contributed by atoms with van der Waals surface area (Å²) in [6.45, 7) is 0. The highest BCUT2D eigenvalue weighted by molar-refractivity contribution is 5.21. The topological polar surface area (TPSA) is 29.5 Å². The molecule has 0 aromatic heterocycles. The van der Waals surface area contributed by atoms with E-state index >= 15 is 0 Å². The first-order valence-electron chi connectivity index (χ1n) is 4.76. The van der Waals surface area contributed by atoms with E-state index in [1.54, 1.807) is 0 Å². The van der Waals surface area contributed by atoms with Crippen LogP contribution in [0, 0.1) is 0 Å². The summed E-state index contributed by atoms with van der Waals surface area (Å²) in [4.78, 5) is 0. The molecule has 0 saturated heterocycles. The number of rotatable bonds is 2. The summed E-state index contributed by atoms with van der Waals surface area (Å²) in [6.07, 6.45) is 2.63. The maximum Gasteiger partial charge on any atom is 0.124 e. The van der Waals surface area contributed by atoms with Gasteiger partial charge in [-0.2, -0.15) is 0 Å². The van der Waals surface area contributed by atoms with E-state index in [9.17, 15) is 5.11 Å². The molecular formula is C11H14O2. The summed E-state index contributed by atoms with van der Waals surface area (Å²) >= 11 is 0. The number of hydrogen-bond acceptors (Lipinski definition) is 2. The molecule has 0 heterocycles. The molecule has 0 bridgehead atoms. The van der Waals surface area contributed by atoms with Crippen LogP contribution < -0.4 is 4.74 Å². The van der Waals surface area contributed by atoms with Crippen molar-refractivity contribution in [3.8, 4) is 5.75 Å². The molecule has 13 heavy (non-hydrogen) atoms. The molecule has 1 aliphatic rings. The molecular weight excluding hydrogens is 164 g/mol. The van der Waals surface area contributed by atoms with Crippen molar-refractivity contribution >= 4 is 0 Å². The summed E-state index contributed by atoms with van der Waals surface area (Å²) in [5.74, 6) is 0.855. The van der Waals surface area contributed by atoms with Gasteiger partial charge in [-0.05, 0) is 31.4 Å². The fourth-order valence-electron chi connectivity index (χ4n) is 1.72. The third kappa shape index (κ3) is 2.01. The highest BCUT2D eigenvalue weighted by Crippen LogP contribution is 2.24. The van der Waals surface area contributed by atoms with Gasteiger partial charge in [0.05, 0.1) is 6.10 Å². The molecule has 1 saturated carbocycles. The lowest BCUT2D eigenvalue weighted by Gasteiger charge is -2.16. The Bertz CT molecular complexity index is 258. The molecule has 1 aromatic rings. The van der Waals surface area contributed by atoms with Crippen molar-refractivity contribution in [2.24, 2.45) is 0 Å². The molecule has 1 aromatic carbocycles. The molecule has 2 heteroatoms. The maximum atomic E-state index is 9.53. The van der Waals surface area contributed by atoms with Gasteiger partial charge in [0.1, 0.15) is 11.9 Å². The Balaban J connectivity index is 1.98. The van der Waals surface area contributed by atoms with Crippen molar-refractivity contribution in [1.82, 2.24) is 0 Å². The van der Waals surface area contributed by atoms with Crippen LogP contribution in [0.15, 0.2) is 30.3 Å². The summed E-state index contributed by atoms with van der Waals surface area (Å²) in [5.41, 5.74) is 0. The molecule has 1 N–H and O–H groups in total. The smallest absolute Gasteiger partial charge is 0.124 e. The van der Waals surface area contributed by atoms with Gasteiger partial charge in [0, 0.05) is 0 Å². The first-order valence-corrected chi connectivity index (χ1v) is 4.76. The lowest BCUT2D eigenvalue weighted by molar-refractivity contribution is 0.0604. The average Bonchev–Trinajstić information content (AvgIpc) is 2.54. The molecule has 2 rings (SSSR count). The number of ether oxygens (including phenoxy) is 1. The second kappa shape index (κ2) is 3.79. The van der Waals surface area contributed by atoms with Crippen molar-refractivity contribution in [1.29, 1.82) is 0 Å². The molecule has 1 fully saturated rings. The number of benzene rings is 1. The van der Waals surface area contributed by atoms with Gasteiger partial charge in [-0.3, -0.25) is 0 Å². The Morgan fingerprint density at radius 3 is 2.54 bits per heavy atom. The van der Waals surface area contributed by atoms with E-state index in [2.05, 4.69) is 0 Å². The van der Waals surface area contributed by atoms with Gasteiger partial charge in [-0.25, -0.2) is 0 Å². The first-order chi connectivity index (χ1) is 6.36. The molecule has 0 spiro atoms. The van der Waals surface area contributed by atoms with Crippen molar-refractivity contribution in [2.45, 2.75) is 31.5 Å². The third-order valence-electron chi connectivity index (χ3n) is 2.45. The standard InChI is InChI=1S/C11H14O2/c12-10-7-4-8-11(10)13-9-5-2-1-3-6-9/h1-3,5-6,10-12H,4,7-8H2/t10-,11-/m1/s1. The zero-order valence-electron chi connectivity index (χ0n) is 7.52. The van der Waals surface area contributed by atoms with Crippen LogP contribution in [0.2, 0.25) is 0 Å². The normalized spacial score (nSPS) is 27.5. The van der Waals surface area contributed by atoms with Gasteiger partial charge in [-0.1, -0.05) is 18.2 Å². The average molecular weight is 178 g/mol. The highest BCUT2D eigenvalue weighted by Gasteiger charge is 2.26. The second-order valence-electron chi connectivity index (χ2n) is 3.47. The Labute approximate surface area is 78.2 Å². The van der Waals surface area contributed by atoms with Gasteiger partial charge >= 0.3 is 0 Å². The fraction of sp³-hybridized carbons (Fsp3) is 0.455. The van der Waals surface area contributed by atoms with E-state index in [4.69, 9.17) is 4.74 Å². The SMILES string of the molecule is O[C@@H]1CCC[C@H]1Oc1ccccc1. The first kappa shape index (κ1) is 8.57. The minimum absolute atomic E-state index is 0.00222. The largest absolute Gasteiger partial charge is 0.488 e. The van der Waals surface area contributed by atoms with Gasteiger partial charge < -0.3 is 9.84 Å². The zero-order valence-corrected chi connectivity index (χ0v) is 7.52. The van der Waals surface area contributed by atoms with Crippen molar-refractivity contribution in [3.63, 3.8) is 0 Å². The quantitative estimate of drug-likeness (QED) is 0.750. The molecule has 2 atom stereocenters. The maximum absolute atomic E-state index is 9.53. The summed E-state index contributed by atoms with van der Waals surface area (Å²) < 4.78 is 5.64. The van der Waals surface area contributed by atoms with Gasteiger partial charge in [-0.15, -0.1) is 0 Å². The second-order valence-corrected chi connectivity index (χ2v) is 3.47. The molecule has 0 amide bonds. The zero-order chi connectivity index (χ0) is 9.10. The Morgan fingerprint density at radius 1 is 1.15 bits per heavy atom. The van der Waals surface area contributed by atoms with Crippen LogP contribution in [-0.2, 0) is 0 Å².